The van der Waals surface area contributed by atoms with Gasteiger partial charge in [0.15, 0.2) is 0 Å². The summed E-state index contributed by atoms with van der Waals surface area (Å²) in [7, 11) is 1.06. The van der Waals surface area contributed by atoms with Crippen molar-refractivity contribution in [2.45, 2.75) is 12.8 Å². The number of pyridine rings is 1. The third-order valence-corrected chi connectivity index (χ3v) is 4.28. The fourth-order valence-corrected chi connectivity index (χ4v) is 2.94. The van der Waals surface area contributed by atoms with Crippen molar-refractivity contribution in [1.29, 1.82) is 0 Å². The molecule has 146 valence electrons. The highest BCUT2D eigenvalue weighted by Gasteiger charge is 2.32. The first kappa shape index (κ1) is 19.4. The second-order valence-corrected chi connectivity index (χ2v) is 5.98. The van der Waals surface area contributed by atoms with Crippen molar-refractivity contribution in [3.63, 3.8) is 0 Å². The van der Waals surface area contributed by atoms with Crippen molar-refractivity contribution in [1.82, 2.24) is 4.57 Å². The van der Waals surface area contributed by atoms with Gasteiger partial charge in [0.1, 0.15) is 5.56 Å². The monoisotopic (exact) mass is 392 g/mol. The molecule has 28 heavy (non-hydrogen) atoms. The number of ether oxygens (including phenoxy) is 1. The lowest BCUT2D eigenvalue weighted by Gasteiger charge is -2.17. The van der Waals surface area contributed by atoms with Gasteiger partial charge in [0.2, 0.25) is 0 Å². The van der Waals surface area contributed by atoms with Crippen LogP contribution in [0.15, 0.2) is 47.3 Å². The highest BCUT2D eigenvalue weighted by atomic mass is 19.4. The number of anilines is 1. The smallest absolute Gasteiger partial charge is 0.416 e. The summed E-state index contributed by atoms with van der Waals surface area (Å²) in [6.45, 7) is -0.340. The maximum absolute atomic E-state index is 13.2. The van der Waals surface area contributed by atoms with Crippen LogP contribution in [0.5, 0.6) is 0 Å². The number of fused-ring (bicyclic) bond motifs is 1. The normalized spacial score (nSPS) is 11.6. The average molecular weight is 392 g/mol. The van der Waals surface area contributed by atoms with Crippen LogP contribution in [0.1, 0.15) is 21.5 Å². The van der Waals surface area contributed by atoms with Crippen LogP contribution in [-0.2, 0) is 17.5 Å². The summed E-state index contributed by atoms with van der Waals surface area (Å²) in [6.07, 6.45) is -4.64. The van der Waals surface area contributed by atoms with E-state index in [0.29, 0.717) is 5.56 Å². The van der Waals surface area contributed by atoms with Crippen LogP contribution in [0.25, 0.3) is 16.6 Å². The number of hydrogen-bond donors (Lipinski definition) is 2. The van der Waals surface area contributed by atoms with Crippen molar-refractivity contribution in [2.75, 3.05) is 12.8 Å². The van der Waals surface area contributed by atoms with Crippen molar-refractivity contribution < 1.29 is 27.8 Å². The van der Waals surface area contributed by atoms with Gasteiger partial charge in [-0.25, -0.2) is 4.79 Å². The van der Waals surface area contributed by atoms with Crippen LogP contribution in [0.2, 0.25) is 0 Å². The molecule has 0 aliphatic rings. The molecule has 0 bridgehead atoms. The number of carbonyl (C=O) groups is 1. The predicted octanol–water partition coefficient (Wildman–Crippen LogP) is 2.87. The van der Waals surface area contributed by atoms with Crippen molar-refractivity contribution in [2.24, 2.45) is 0 Å². The van der Waals surface area contributed by atoms with Crippen LogP contribution < -0.4 is 11.3 Å². The van der Waals surface area contributed by atoms with Gasteiger partial charge in [0, 0.05) is 11.1 Å². The van der Waals surface area contributed by atoms with Crippen molar-refractivity contribution >= 4 is 22.6 Å². The van der Waals surface area contributed by atoms with Gasteiger partial charge in [0.05, 0.1) is 30.5 Å². The molecule has 0 amide bonds. The zero-order valence-corrected chi connectivity index (χ0v) is 14.6. The molecule has 1 heterocycles. The Kier molecular flexibility index (Phi) is 4.86. The number of nitrogen functional groups attached to an aromatic ring is 1. The second kappa shape index (κ2) is 7.01. The molecule has 2 aromatic carbocycles. The Morgan fingerprint density at radius 2 is 1.93 bits per heavy atom. The van der Waals surface area contributed by atoms with E-state index in [1.807, 2.05) is 0 Å². The Morgan fingerprint density at radius 3 is 2.54 bits per heavy atom. The number of aromatic nitrogens is 1. The van der Waals surface area contributed by atoms with Gasteiger partial charge >= 0.3 is 12.1 Å². The zero-order valence-electron chi connectivity index (χ0n) is 14.6. The summed E-state index contributed by atoms with van der Waals surface area (Å²) >= 11 is 0. The molecule has 0 aliphatic heterocycles. The van der Waals surface area contributed by atoms with Gasteiger partial charge < -0.3 is 15.6 Å². The van der Waals surface area contributed by atoms with E-state index in [0.717, 1.165) is 29.9 Å². The lowest BCUT2D eigenvalue weighted by Crippen LogP contribution is -2.28. The van der Waals surface area contributed by atoms with E-state index >= 15 is 0 Å². The van der Waals surface area contributed by atoms with E-state index < -0.39 is 28.8 Å². The largest absolute Gasteiger partial charge is 0.465 e. The molecule has 1 aromatic heterocycles. The molecule has 0 atom stereocenters. The molecule has 3 aromatic rings. The number of methoxy groups -OCH3 is 1. The van der Waals surface area contributed by atoms with E-state index in [1.54, 1.807) is 6.07 Å². The molecule has 0 fully saturated rings. The van der Waals surface area contributed by atoms with Gasteiger partial charge in [-0.15, -0.1) is 0 Å². The molecule has 0 unspecified atom stereocenters. The van der Waals surface area contributed by atoms with Crippen LogP contribution in [0.3, 0.4) is 0 Å². The number of benzene rings is 2. The third kappa shape index (κ3) is 3.20. The van der Waals surface area contributed by atoms with Crippen LogP contribution in [0.4, 0.5) is 18.9 Å². The van der Waals surface area contributed by atoms with Gasteiger partial charge in [0.25, 0.3) is 5.56 Å². The molecule has 0 radical (unpaired) electrons. The Morgan fingerprint density at radius 1 is 1.21 bits per heavy atom. The molecule has 0 aliphatic carbocycles. The molecule has 9 heteroatoms. The molecule has 0 saturated heterocycles. The number of nitrogens with two attached hydrogens (primary N) is 1. The van der Waals surface area contributed by atoms with E-state index in [4.69, 9.17) is 5.73 Å². The molecular weight excluding hydrogens is 377 g/mol. The van der Waals surface area contributed by atoms with E-state index in [1.165, 1.54) is 18.2 Å². The summed E-state index contributed by atoms with van der Waals surface area (Å²) in [4.78, 5) is 25.1. The fourth-order valence-electron chi connectivity index (χ4n) is 2.94. The Bertz CT molecular complexity index is 1140. The number of aliphatic hydroxyl groups is 1. The molecule has 6 nitrogen and oxygen atoms in total. The van der Waals surface area contributed by atoms with Gasteiger partial charge in [-0.05, 0) is 29.8 Å². The van der Waals surface area contributed by atoms with E-state index in [9.17, 15) is 27.9 Å². The average Bonchev–Trinajstić information content (AvgIpc) is 2.67. The first-order valence-corrected chi connectivity index (χ1v) is 8.03. The number of carbonyl (C=O) groups excluding carboxylic acids is 1. The second-order valence-electron chi connectivity index (χ2n) is 5.98. The fraction of sp³-hybridized carbons (Fsp3) is 0.158. The molecule has 3 N–H and O–H groups in total. The summed E-state index contributed by atoms with van der Waals surface area (Å²) in [5.74, 6) is -1.00. The molecule has 0 spiro atoms. The minimum Gasteiger partial charge on any atom is -0.465 e. The lowest BCUT2D eigenvalue weighted by atomic mass is 10.0. The maximum atomic E-state index is 13.2. The van der Waals surface area contributed by atoms with E-state index in [2.05, 4.69) is 4.74 Å². The highest BCUT2D eigenvalue weighted by molar-refractivity contribution is 6.04. The van der Waals surface area contributed by atoms with Crippen LogP contribution in [0, 0.1) is 0 Å². The number of halogens is 3. The first-order chi connectivity index (χ1) is 13.2. The Labute approximate surface area is 156 Å². The van der Waals surface area contributed by atoms with Crippen LogP contribution in [-0.4, -0.2) is 22.8 Å². The minimum atomic E-state index is -4.64. The summed E-state index contributed by atoms with van der Waals surface area (Å²) < 4.78 is 45.2. The van der Waals surface area contributed by atoms with Crippen molar-refractivity contribution in [3.05, 3.63) is 69.5 Å². The minimum absolute atomic E-state index is 0.0856. The SMILES string of the molecule is COC(=O)c1c(N)c2ccc(C(F)(F)F)cc2n(-c2cccc(CO)c2)c1=O. The predicted molar refractivity (Wildman–Crippen MR) is 96.2 cm³/mol. The number of alkyl halides is 3. The summed E-state index contributed by atoms with van der Waals surface area (Å²) in [5, 5.41) is 9.42. The molecular formula is C19H15F3N2O4. The van der Waals surface area contributed by atoms with Gasteiger partial charge in [-0.1, -0.05) is 18.2 Å². The summed E-state index contributed by atoms with van der Waals surface area (Å²) in [5.41, 5.74) is 3.75. The molecule has 3 rings (SSSR count). The highest BCUT2D eigenvalue weighted by Crippen LogP contribution is 2.34. The Balaban J connectivity index is 2.50. The Hall–Kier alpha value is -3.33. The third-order valence-electron chi connectivity index (χ3n) is 4.28. The standard InChI is InChI=1S/C19H15F3N2O4/c1-28-18(27)15-16(23)13-6-5-11(19(20,21)22)8-14(13)24(17(15)26)12-4-2-3-10(7-12)9-25/h2-8,25H,9,23H2,1H3. The quantitative estimate of drug-likeness (QED) is 0.669. The molecule has 0 saturated carbocycles. The number of nitrogens with zero attached hydrogens (tertiary/aromatic N) is 1. The lowest BCUT2D eigenvalue weighted by molar-refractivity contribution is -0.137. The number of esters is 1. The number of rotatable bonds is 3. The number of aliphatic hydroxyl groups excluding tert-OH is 1. The first-order valence-electron chi connectivity index (χ1n) is 8.03. The zero-order chi connectivity index (χ0) is 20.6. The maximum Gasteiger partial charge on any atom is 0.416 e. The topological polar surface area (TPSA) is 94.6 Å². The van der Waals surface area contributed by atoms with E-state index in [-0.39, 0.29) is 28.9 Å². The van der Waals surface area contributed by atoms with Crippen molar-refractivity contribution in [3.8, 4) is 5.69 Å². The number of hydrogen-bond acceptors (Lipinski definition) is 5. The summed E-state index contributed by atoms with van der Waals surface area (Å²) in [6, 6.07) is 8.72. The van der Waals surface area contributed by atoms with Gasteiger partial charge in [-0.2, -0.15) is 13.2 Å². The van der Waals surface area contributed by atoms with Crippen LogP contribution >= 0.6 is 0 Å². The van der Waals surface area contributed by atoms with Gasteiger partial charge in [-0.3, -0.25) is 9.36 Å².